The minimum absolute atomic E-state index is 0.102. The molecule has 0 aliphatic heterocycles. The number of aromatic nitrogens is 1. The van der Waals surface area contributed by atoms with Crippen LogP contribution < -0.4 is 0 Å². The van der Waals surface area contributed by atoms with Gasteiger partial charge in [-0.15, -0.1) is 11.6 Å². The molecule has 0 saturated heterocycles. The molecule has 0 aliphatic carbocycles. The predicted molar refractivity (Wildman–Crippen MR) is 102 cm³/mol. The van der Waals surface area contributed by atoms with Crippen molar-refractivity contribution in [2.24, 2.45) is 0 Å². The molecular formula is C20H25ClF2N2. The number of pyridine rings is 1. The molecule has 136 valence electrons. The van der Waals surface area contributed by atoms with Crippen LogP contribution in [0.25, 0.3) is 5.70 Å². The molecule has 0 saturated carbocycles. The van der Waals surface area contributed by atoms with E-state index in [0.29, 0.717) is 12.1 Å². The van der Waals surface area contributed by atoms with Crippen molar-refractivity contribution in [3.63, 3.8) is 0 Å². The summed E-state index contributed by atoms with van der Waals surface area (Å²) >= 11 is 6.39. The van der Waals surface area contributed by atoms with E-state index in [0.717, 1.165) is 30.0 Å². The van der Waals surface area contributed by atoms with E-state index in [-0.39, 0.29) is 10.9 Å². The summed E-state index contributed by atoms with van der Waals surface area (Å²) in [5, 5.41) is -0.156. The minimum Gasteiger partial charge on any atom is -0.377 e. The Hall–Kier alpha value is -1.94. The van der Waals surface area contributed by atoms with Crippen LogP contribution in [0.5, 0.6) is 0 Å². The van der Waals surface area contributed by atoms with Gasteiger partial charge in [-0.05, 0) is 30.9 Å². The monoisotopic (exact) mass is 366 g/mol. The zero-order chi connectivity index (χ0) is 19.0. The van der Waals surface area contributed by atoms with Crippen LogP contribution in [0.2, 0.25) is 0 Å². The number of allylic oxidation sites excluding steroid dienone is 6. The second-order valence-electron chi connectivity index (χ2n) is 5.77. The van der Waals surface area contributed by atoms with Gasteiger partial charge in [-0.2, -0.15) is 0 Å². The van der Waals surface area contributed by atoms with Gasteiger partial charge in [0.1, 0.15) is 0 Å². The molecule has 0 fully saturated rings. The van der Waals surface area contributed by atoms with Crippen LogP contribution in [0.3, 0.4) is 0 Å². The molecule has 1 aromatic heterocycles. The highest BCUT2D eigenvalue weighted by Gasteiger charge is 2.23. The lowest BCUT2D eigenvalue weighted by Gasteiger charge is -2.25. The highest BCUT2D eigenvalue weighted by molar-refractivity contribution is 6.20. The van der Waals surface area contributed by atoms with Crippen molar-refractivity contribution in [1.29, 1.82) is 0 Å². The van der Waals surface area contributed by atoms with Crippen molar-refractivity contribution < 1.29 is 8.78 Å². The van der Waals surface area contributed by atoms with E-state index in [1.807, 2.05) is 32.1 Å². The average molecular weight is 367 g/mol. The standard InChI is InChI=1S/C20H25ClF2N2/c1-6-9-14(10-7-2)16(11-15(21)8-3)20(25(4)5)19-17(22)12-24-13-18(19)23/h6-7,9-10,12-13,15H,1,8,11H2,2-5H3/b10-7-,14-9+,20-16+. The topological polar surface area (TPSA) is 16.1 Å². The van der Waals surface area contributed by atoms with E-state index in [2.05, 4.69) is 11.6 Å². The first-order valence-corrected chi connectivity index (χ1v) is 8.60. The number of hydrogen-bond donors (Lipinski definition) is 0. The van der Waals surface area contributed by atoms with E-state index >= 15 is 0 Å². The van der Waals surface area contributed by atoms with Gasteiger partial charge >= 0.3 is 0 Å². The molecule has 1 heterocycles. The Bertz CT molecular complexity index is 671. The molecule has 5 heteroatoms. The van der Waals surface area contributed by atoms with Crippen LogP contribution >= 0.6 is 11.6 Å². The number of halogens is 3. The summed E-state index contributed by atoms with van der Waals surface area (Å²) in [6, 6.07) is 0. The zero-order valence-electron chi connectivity index (χ0n) is 15.2. The summed E-state index contributed by atoms with van der Waals surface area (Å²) < 4.78 is 28.8. The van der Waals surface area contributed by atoms with Crippen LogP contribution in [-0.2, 0) is 0 Å². The first-order valence-electron chi connectivity index (χ1n) is 8.16. The molecule has 1 unspecified atom stereocenters. The summed E-state index contributed by atoms with van der Waals surface area (Å²) in [5.41, 5.74) is 1.92. The van der Waals surface area contributed by atoms with E-state index in [1.165, 1.54) is 0 Å². The maximum atomic E-state index is 14.4. The third-order valence-electron chi connectivity index (χ3n) is 3.68. The molecule has 0 spiro atoms. The van der Waals surface area contributed by atoms with Crippen LogP contribution in [0, 0.1) is 11.6 Å². The molecule has 0 bridgehead atoms. The fourth-order valence-corrected chi connectivity index (χ4v) is 2.72. The molecule has 0 radical (unpaired) electrons. The third-order valence-corrected chi connectivity index (χ3v) is 4.15. The summed E-state index contributed by atoms with van der Waals surface area (Å²) in [7, 11) is 3.51. The third kappa shape index (κ3) is 5.53. The Morgan fingerprint density at radius 2 is 1.92 bits per heavy atom. The van der Waals surface area contributed by atoms with Gasteiger partial charge in [0.2, 0.25) is 0 Å². The number of hydrogen-bond acceptors (Lipinski definition) is 2. The quantitative estimate of drug-likeness (QED) is 0.431. The lowest BCUT2D eigenvalue weighted by Crippen LogP contribution is -2.17. The largest absolute Gasteiger partial charge is 0.377 e. The highest BCUT2D eigenvalue weighted by atomic mass is 35.5. The Morgan fingerprint density at radius 3 is 2.36 bits per heavy atom. The predicted octanol–water partition coefficient (Wildman–Crippen LogP) is 5.73. The van der Waals surface area contributed by atoms with Crippen molar-refractivity contribution in [1.82, 2.24) is 9.88 Å². The first kappa shape index (κ1) is 21.1. The maximum Gasteiger partial charge on any atom is 0.153 e. The summed E-state index contributed by atoms with van der Waals surface area (Å²) in [4.78, 5) is 5.28. The van der Waals surface area contributed by atoms with Crippen molar-refractivity contribution in [2.75, 3.05) is 14.1 Å². The summed E-state index contributed by atoms with van der Waals surface area (Å²) in [6.07, 6.45) is 10.5. The zero-order valence-corrected chi connectivity index (χ0v) is 15.9. The van der Waals surface area contributed by atoms with Crippen LogP contribution in [0.15, 0.2) is 54.4 Å². The SMILES string of the molecule is C=C/C=C(\C=C/C)C(/CC(Cl)CC)=C(\c1c(F)cncc1F)N(C)C. The van der Waals surface area contributed by atoms with Gasteiger partial charge in [0.25, 0.3) is 0 Å². The Morgan fingerprint density at radius 1 is 1.32 bits per heavy atom. The van der Waals surface area contributed by atoms with Gasteiger partial charge in [-0.25, -0.2) is 8.78 Å². The van der Waals surface area contributed by atoms with Crippen molar-refractivity contribution in [3.8, 4) is 0 Å². The number of alkyl halides is 1. The normalized spacial score (nSPS) is 14.4. The summed E-state index contributed by atoms with van der Waals surface area (Å²) in [5.74, 6) is -1.41. The van der Waals surface area contributed by atoms with Crippen LogP contribution in [-0.4, -0.2) is 29.4 Å². The molecule has 0 amide bonds. The lowest BCUT2D eigenvalue weighted by molar-refractivity contribution is 0.532. The average Bonchev–Trinajstić information content (AvgIpc) is 2.56. The second-order valence-corrected chi connectivity index (χ2v) is 6.38. The molecule has 0 aromatic carbocycles. The summed E-state index contributed by atoms with van der Waals surface area (Å²) in [6.45, 7) is 7.60. The second kappa shape index (κ2) is 10.1. The highest BCUT2D eigenvalue weighted by Crippen LogP contribution is 2.33. The lowest BCUT2D eigenvalue weighted by atomic mass is 9.93. The van der Waals surface area contributed by atoms with Crippen LogP contribution in [0.4, 0.5) is 8.78 Å². The van der Waals surface area contributed by atoms with Gasteiger partial charge in [0.15, 0.2) is 11.6 Å². The van der Waals surface area contributed by atoms with Crippen LogP contribution in [0.1, 0.15) is 32.3 Å². The molecular weight excluding hydrogens is 342 g/mol. The van der Waals surface area contributed by atoms with Crippen molar-refractivity contribution in [3.05, 3.63) is 71.6 Å². The Labute approximate surface area is 154 Å². The Balaban J connectivity index is 3.82. The van der Waals surface area contributed by atoms with Crippen molar-refractivity contribution >= 4 is 17.3 Å². The maximum absolute atomic E-state index is 14.4. The first-order chi connectivity index (χ1) is 11.9. The van der Waals surface area contributed by atoms with E-state index < -0.39 is 11.6 Å². The molecule has 1 rings (SSSR count). The molecule has 1 atom stereocenters. The fourth-order valence-electron chi connectivity index (χ4n) is 2.56. The van der Waals surface area contributed by atoms with Gasteiger partial charge in [0.05, 0.1) is 23.7 Å². The smallest absolute Gasteiger partial charge is 0.153 e. The Kier molecular flexibility index (Phi) is 8.56. The molecule has 0 N–H and O–H groups in total. The van der Waals surface area contributed by atoms with Gasteiger partial charge in [0, 0.05) is 19.5 Å². The molecule has 2 nitrogen and oxygen atoms in total. The van der Waals surface area contributed by atoms with Gasteiger partial charge in [-0.1, -0.05) is 37.8 Å². The van der Waals surface area contributed by atoms with E-state index in [4.69, 9.17) is 11.6 Å². The minimum atomic E-state index is -0.706. The van der Waals surface area contributed by atoms with Crippen molar-refractivity contribution in [2.45, 2.75) is 32.1 Å². The van der Waals surface area contributed by atoms with E-state index in [1.54, 1.807) is 25.1 Å². The van der Waals surface area contributed by atoms with Gasteiger partial charge < -0.3 is 4.90 Å². The molecule has 25 heavy (non-hydrogen) atoms. The van der Waals surface area contributed by atoms with Gasteiger partial charge in [-0.3, -0.25) is 4.98 Å². The number of rotatable bonds is 8. The van der Waals surface area contributed by atoms with E-state index in [9.17, 15) is 8.78 Å². The number of nitrogens with zero attached hydrogens (tertiary/aromatic N) is 2. The molecule has 0 aliphatic rings. The molecule has 1 aromatic rings. The fraction of sp³-hybridized carbons (Fsp3) is 0.350.